The van der Waals surface area contributed by atoms with E-state index in [0.717, 1.165) is 82.7 Å². The summed E-state index contributed by atoms with van der Waals surface area (Å²) in [6, 6.07) is 74.4. The van der Waals surface area contributed by atoms with E-state index in [4.69, 9.17) is 19.7 Å². The summed E-state index contributed by atoms with van der Waals surface area (Å²) in [6.07, 6.45) is 0. The number of fused-ring (bicyclic) bond motifs is 9. The van der Waals surface area contributed by atoms with Crippen LogP contribution in [0.5, 0.6) is 0 Å². The van der Waals surface area contributed by atoms with Crippen molar-refractivity contribution in [2.75, 3.05) is 0 Å². The van der Waals surface area contributed by atoms with Crippen LogP contribution in [0.1, 0.15) is 15.9 Å². The van der Waals surface area contributed by atoms with Crippen molar-refractivity contribution in [1.82, 2.24) is 28.7 Å². The van der Waals surface area contributed by atoms with Gasteiger partial charge in [0.15, 0.2) is 11.6 Å². The van der Waals surface area contributed by atoms with Crippen LogP contribution in [0.2, 0.25) is 0 Å². The first-order valence-electron chi connectivity index (χ1n) is 22.3. The minimum Gasteiger partial charge on any atom is -0.457 e. The highest BCUT2D eigenvalue weighted by molar-refractivity contribution is 6.13. The van der Waals surface area contributed by atoms with Gasteiger partial charge in [-0.3, -0.25) is 4.57 Å². The van der Waals surface area contributed by atoms with E-state index < -0.39 is 0 Å². The predicted octanol–water partition coefficient (Wildman–Crippen LogP) is 13.9. The van der Waals surface area contributed by atoms with Crippen LogP contribution in [-0.2, 0) is 11.3 Å². The highest BCUT2D eigenvalue weighted by atomic mass is 16.5. The van der Waals surface area contributed by atoms with Crippen molar-refractivity contribution in [3.63, 3.8) is 0 Å². The average Bonchev–Trinajstić information content (AvgIpc) is 4.04. The molecule has 13 aromatic rings. The number of rotatable bonds is 8. The number of carbonyl (C=O) groups is 1. The second-order valence-corrected chi connectivity index (χ2v) is 16.7. The number of aromatic nitrogens is 6. The van der Waals surface area contributed by atoms with Crippen molar-refractivity contribution in [3.05, 3.63) is 230 Å². The second kappa shape index (κ2) is 15.5. The zero-order chi connectivity index (χ0) is 44.4. The molecule has 8 heteroatoms. The van der Waals surface area contributed by atoms with Gasteiger partial charge < -0.3 is 13.9 Å². The smallest absolute Gasteiger partial charge is 0.338 e. The monoisotopic (exact) mass is 862 g/mol. The maximum absolute atomic E-state index is 13.5. The Bertz CT molecular complexity index is 3980. The molecular formula is C59H38N6O2. The molecule has 0 aliphatic heterocycles. The van der Waals surface area contributed by atoms with Gasteiger partial charge in [0.25, 0.3) is 0 Å². The SMILES string of the molecule is O=C(OCc1ccccc1)c1ccc2c(c1)c1ccccc1n2-c1ccccc1-c1nc(-c2ccccc2-n2c3ccccc3c3ccccc32)nc(-n2c3ccccc3c3ccccc32)n1. The van der Waals surface area contributed by atoms with Crippen LogP contribution in [0.3, 0.4) is 0 Å². The molecule has 67 heavy (non-hydrogen) atoms. The summed E-state index contributed by atoms with van der Waals surface area (Å²) < 4.78 is 12.5. The summed E-state index contributed by atoms with van der Waals surface area (Å²) in [7, 11) is 0. The van der Waals surface area contributed by atoms with E-state index in [1.54, 1.807) is 0 Å². The standard InChI is InChI=1S/C59H38N6O2/c66-58(67-37-38-18-2-1-3-19-38)39-34-35-55-47(36-39)44-24-8-13-29-50(44)64(55)54-33-17-10-26-46(54)57-60-56(61-59(62-57)65-51-30-14-6-22-42(51)43-23-7-15-31-52(43)65)45-25-9-16-32-53(45)63-48-27-11-4-20-40(48)41-21-5-12-28-49(41)63/h1-36H,37H2. The highest BCUT2D eigenvalue weighted by Gasteiger charge is 2.24. The van der Waals surface area contributed by atoms with Crippen LogP contribution in [0.15, 0.2) is 218 Å². The highest BCUT2D eigenvalue weighted by Crippen LogP contribution is 2.40. The number of para-hydroxylation sites is 7. The molecule has 0 aliphatic carbocycles. The molecule has 0 bridgehead atoms. The van der Waals surface area contributed by atoms with E-state index in [2.05, 4.69) is 153 Å². The van der Waals surface area contributed by atoms with E-state index >= 15 is 0 Å². The number of esters is 1. The molecule has 0 N–H and O–H groups in total. The molecule has 9 aromatic carbocycles. The number of nitrogens with zero attached hydrogens (tertiary/aromatic N) is 6. The molecule has 0 spiro atoms. The maximum Gasteiger partial charge on any atom is 0.338 e. The molecule has 0 aliphatic rings. The quantitative estimate of drug-likeness (QED) is 0.142. The number of benzene rings is 9. The van der Waals surface area contributed by atoms with E-state index in [1.165, 1.54) is 10.8 Å². The molecule has 0 saturated heterocycles. The molecule has 13 rings (SSSR count). The Kier molecular flexibility index (Phi) is 8.89. The molecule has 0 atom stereocenters. The van der Waals surface area contributed by atoms with Gasteiger partial charge in [-0.1, -0.05) is 146 Å². The van der Waals surface area contributed by atoms with Crippen molar-refractivity contribution >= 4 is 71.4 Å². The molecule has 316 valence electrons. The molecule has 0 unspecified atom stereocenters. The van der Waals surface area contributed by atoms with Gasteiger partial charge in [-0.2, -0.15) is 9.97 Å². The molecule has 0 saturated carbocycles. The maximum atomic E-state index is 13.5. The van der Waals surface area contributed by atoms with Crippen LogP contribution in [0.4, 0.5) is 0 Å². The van der Waals surface area contributed by atoms with Crippen LogP contribution in [0, 0.1) is 0 Å². The van der Waals surface area contributed by atoms with Crippen LogP contribution >= 0.6 is 0 Å². The lowest BCUT2D eigenvalue weighted by molar-refractivity contribution is 0.0473. The lowest BCUT2D eigenvalue weighted by Crippen LogP contribution is -2.09. The van der Waals surface area contributed by atoms with Crippen molar-refractivity contribution in [2.45, 2.75) is 6.61 Å². The lowest BCUT2D eigenvalue weighted by Gasteiger charge is -2.17. The summed E-state index contributed by atoms with van der Waals surface area (Å²) >= 11 is 0. The number of carbonyl (C=O) groups excluding carboxylic acids is 1. The Morgan fingerprint density at radius 3 is 1.25 bits per heavy atom. The zero-order valence-electron chi connectivity index (χ0n) is 36.0. The van der Waals surface area contributed by atoms with Crippen molar-refractivity contribution in [1.29, 1.82) is 0 Å². The van der Waals surface area contributed by atoms with Gasteiger partial charge in [-0.15, -0.1) is 0 Å². The molecular weight excluding hydrogens is 825 g/mol. The van der Waals surface area contributed by atoms with Crippen LogP contribution in [0.25, 0.3) is 106 Å². The van der Waals surface area contributed by atoms with Gasteiger partial charge >= 0.3 is 5.97 Å². The first kappa shape index (κ1) is 38.3. The Labute approximate surface area is 384 Å². The summed E-state index contributed by atoms with van der Waals surface area (Å²) in [5, 5.41) is 6.51. The fraction of sp³-hybridized carbons (Fsp3) is 0.0169. The van der Waals surface area contributed by atoms with Crippen LogP contribution < -0.4 is 0 Å². The minimum absolute atomic E-state index is 0.195. The number of ether oxygens (including phenoxy) is 1. The number of hydrogen-bond donors (Lipinski definition) is 0. The Morgan fingerprint density at radius 2 is 0.761 bits per heavy atom. The van der Waals surface area contributed by atoms with Gasteiger partial charge in [0.1, 0.15) is 6.61 Å². The Morgan fingerprint density at radius 1 is 0.373 bits per heavy atom. The van der Waals surface area contributed by atoms with E-state index in [-0.39, 0.29) is 12.6 Å². The first-order chi connectivity index (χ1) is 33.2. The Hall–Kier alpha value is -9.14. The van der Waals surface area contributed by atoms with Crippen molar-refractivity contribution < 1.29 is 9.53 Å². The fourth-order valence-electron chi connectivity index (χ4n) is 9.91. The minimum atomic E-state index is -0.375. The van der Waals surface area contributed by atoms with Gasteiger partial charge in [-0.25, -0.2) is 9.78 Å². The fourth-order valence-corrected chi connectivity index (χ4v) is 9.91. The normalized spacial score (nSPS) is 11.7. The predicted molar refractivity (Wildman–Crippen MR) is 269 cm³/mol. The molecule has 4 heterocycles. The van der Waals surface area contributed by atoms with E-state index in [9.17, 15) is 4.79 Å². The summed E-state index contributed by atoms with van der Waals surface area (Å²) in [5.41, 5.74) is 11.0. The zero-order valence-corrected chi connectivity index (χ0v) is 36.0. The molecule has 4 aromatic heterocycles. The van der Waals surface area contributed by atoms with Gasteiger partial charge in [0.05, 0.1) is 50.0 Å². The van der Waals surface area contributed by atoms with Crippen molar-refractivity contribution in [3.8, 4) is 40.1 Å². The van der Waals surface area contributed by atoms with E-state index in [1.807, 2.05) is 78.9 Å². The molecule has 0 fully saturated rings. The summed E-state index contributed by atoms with van der Waals surface area (Å²) in [6.45, 7) is 0.195. The summed E-state index contributed by atoms with van der Waals surface area (Å²) in [4.78, 5) is 29.9. The third-order valence-electron chi connectivity index (χ3n) is 12.9. The largest absolute Gasteiger partial charge is 0.457 e. The van der Waals surface area contributed by atoms with E-state index in [0.29, 0.717) is 23.2 Å². The topological polar surface area (TPSA) is 79.8 Å². The Balaban J connectivity index is 1.04. The average molecular weight is 863 g/mol. The molecule has 0 radical (unpaired) electrons. The number of hydrogen-bond acceptors (Lipinski definition) is 5. The first-order valence-corrected chi connectivity index (χ1v) is 22.3. The van der Waals surface area contributed by atoms with Gasteiger partial charge in [0.2, 0.25) is 5.95 Å². The summed E-state index contributed by atoms with van der Waals surface area (Å²) in [5.74, 6) is 1.18. The third kappa shape index (κ3) is 6.22. The third-order valence-corrected chi connectivity index (χ3v) is 12.9. The van der Waals surface area contributed by atoms with Gasteiger partial charge in [-0.05, 0) is 78.4 Å². The second-order valence-electron chi connectivity index (χ2n) is 16.7. The lowest BCUT2D eigenvalue weighted by atomic mass is 10.1. The van der Waals surface area contributed by atoms with Gasteiger partial charge in [0, 0.05) is 43.4 Å². The molecule has 0 amide bonds. The molecule has 8 nitrogen and oxygen atoms in total. The van der Waals surface area contributed by atoms with Crippen molar-refractivity contribution in [2.24, 2.45) is 0 Å². The van der Waals surface area contributed by atoms with Crippen LogP contribution in [-0.4, -0.2) is 34.6 Å².